The maximum absolute atomic E-state index is 11.8. The highest BCUT2D eigenvalue weighted by Gasteiger charge is 2.14. The fourth-order valence-corrected chi connectivity index (χ4v) is 1.66. The summed E-state index contributed by atoms with van der Waals surface area (Å²) in [4.78, 5) is 22.6. The van der Waals surface area contributed by atoms with E-state index >= 15 is 0 Å². The van der Waals surface area contributed by atoms with Crippen molar-refractivity contribution in [1.82, 2.24) is 9.78 Å². The van der Waals surface area contributed by atoms with Gasteiger partial charge < -0.3 is 5.11 Å². The number of aryl methyl sites for hydroxylation is 2. The highest BCUT2D eigenvalue weighted by molar-refractivity contribution is 5.86. The number of nitrogens with one attached hydrogen (secondary N) is 1. The first-order valence-corrected chi connectivity index (χ1v) is 5.12. The molecule has 0 spiro atoms. The molecule has 0 radical (unpaired) electrons. The monoisotopic (exact) mass is 232 g/mol. The minimum absolute atomic E-state index is 0.258. The average molecular weight is 232 g/mol. The summed E-state index contributed by atoms with van der Waals surface area (Å²) in [5, 5.41) is 11.5. The second kappa shape index (κ2) is 3.93. The Hall–Kier alpha value is -2.30. The van der Waals surface area contributed by atoms with Crippen LogP contribution in [-0.4, -0.2) is 20.9 Å². The van der Waals surface area contributed by atoms with Crippen molar-refractivity contribution in [3.05, 3.63) is 51.4 Å². The molecule has 0 aliphatic heterocycles. The van der Waals surface area contributed by atoms with Crippen LogP contribution in [0.3, 0.4) is 0 Å². The quantitative estimate of drug-likeness (QED) is 0.823. The Bertz CT molecular complexity index is 637. The van der Waals surface area contributed by atoms with Gasteiger partial charge in [-0.3, -0.25) is 9.89 Å². The Balaban J connectivity index is 2.65. The van der Waals surface area contributed by atoms with Crippen molar-refractivity contribution in [3.63, 3.8) is 0 Å². The van der Waals surface area contributed by atoms with Gasteiger partial charge in [0.15, 0.2) is 0 Å². The SMILES string of the molecule is Cc1ccc(C)c(-n2[nH]cc(C(=O)O)c2=O)c1. The lowest BCUT2D eigenvalue weighted by Crippen LogP contribution is -2.20. The van der Waals surface area contributed by atoms with E-state index in [2.05, 4.69) is 5.10 Å². The molecule has 0 aliphatic rings. The number of H-pyrrole nitrogens is 1. The second-order valence-electron chi connectivity index (χ2n) is 3.92. The summed E-state index contributed by atoms with van der Waals surface area (Å²) in [5.41, 5.74) is 1.76. The van der Waals surface area contributed by atoms with Crippen LogP contribution in [-0.2, 0) is 0 Å². The number of rotatable bonds is 2. The van der Waals surface area contributed by atoms with Gasteiger partial charge in [0, 0.05) is 6.20 Å². The van der Waals surface area contributed by atoms with Crippen LogP contribution in [0.15, 0.2) is 29.2 Å². The summed E-state index contributed by atoms with van der Waals surface area (Å²) in [5.74, 6) is -1.23. The number of hydrogen-bond acceptors (Lipinski definition) is 2. The Morgan fingerprint density at radius 3 is 2.65 bits per heavy atom. The fourth-order valence-electron chi connectivity index (χ4n) is 1.66. The van der Waals surface area contributed by atoms with Crippen molar-refractivity contribution in [1.29, 1.82) is 0 Å². The Morgan fingerprint density at radius 2 is 2.06 bits per heavy atom. The normalized spacial score (nSPS) is 10.5. The Kier molecular flexibility index (Phi) is 2.59. The van der Waals surface area contributed by atoms with Gasteiger partial charge in [-0.1, -0.05) is 12.1 Å². The first-order valence-electron chi connectivity index (χ1n) is 5.12. The topological polar surface area (TPSA) is 75.1 Å². The maximum Gasteiger partial charge on any atom is 0.342 e. The summed E-state index contributed by atoms with van der Waals surface area (Å²) < 4.78 is 1.24. The maximum atomic E-state index is 11.8. The number of carboxylic acids is 1. The van der Waals surface area contributed by atoms with E-state index in [4.69, 9.17) is 5.11 Å². The summed E-state index contributed by atoms with van der Waals surface area (Å²) in [6.07, 6.45) is 1.20. The summed E-state index contributed by atoms with van der Waals surface area (Å²) in [6, 6.07) is 5.65. The van der Waals surface area contributed by atoms with Gasteiger partial charge in [0.1, 0.15) is 5.56 Å². The highest BCUT2D eigenvalue weighted by atomic mass is 16.4. The molecule has 5 nitrogen and oxygen atoms in total. The molecule has 2 aromatic rings. The van der Waals surface area contributed by atoms with Crippen LogP contribution in [0.2, 0.25) is 0 Å². The van der Waals surface area contributed by atoms with Gasteiger partial charge in [-0.15, -0.1) is 0 Å². The van der Waals surface area contributed by atoms with Gasteiger partial charge in [0.2, 0.25) is 0 Å². The smallest absolute Gasteiger partial charge is 0.342 e. The number of aromatic amines is 1. The van der Waals surface area contributed by atoms with E-state index in [1.165, 1.54) is 10.9 Å². The number of aromatic carboxylic acids is 1. The van der Waals surface area contributed by atoms with E-state index in [1.54, 1.807) is 0 Å². The third-order valence-electron chi connectivity index (χ3n) is 2.61. The van der Waals surface area contributed by atoms with Crippen molar-refractivity contribution >= 4 is 5.97 Å². The van der Waals surface area contributed by atoms with Crippen molar-refractivity contribution in [2.75, 3.05) is 0 Å². The number of benzene rings is 1. The van der Waals surface area contributed by atoms with E-state index in [0.29, 0.717) is 5.69 Å². The highest BCUT2D eigenvalue weighted by Crippen LogP contribution is 2.13. The summed E-state index contributed by atoms with van der Waals surface area (Å²) in [6.45, 7) is 3.78. The van der Waals surface area contributed by atoms with E-state index < -0.39 is 11.5 Å². The summed E-state index contributed by atoms with van der Waals surface area (Å²) in [7, 11) is 0. The van der Waals surface area contributed by atoms with Crippen LogP contribution >= 0.6 is 0 Å². The van der Waals surface area contributed by atoms with Crippen LogP contribution < -0.4 is 5.56 Å². The van der Waals surface area contributed by atoms with E-state index in [9.17, 15) is 9.59 Å². The molecule has 0 unspecified atom stereocenters. The van der Waals surface area contributed by atoms with Gasteiger partial charge in [-0.2, -0.15) is 0 Å². The largest absolute Gasteiger partial charge is 0.477 e. The minimum atomic E-state index is -1.23. The molecule has 0 atom stereocenters. The first kappa shape index (κ1) is 11.2. The lowest BCUT2D eigenvalue weighted by Gasteiger charge is -2.06. The molecule has 88 valence electrons. The van der Waals surface area contributed by atoms with Crippen LogP contribution in [0.25, 0.3) is 5.69 Å². The Morgan fingerprint density at radius 1 is 1.35 bits per heavy atom. The van der Waals surface area contributed by atoms with E-state index in [0.717, 1.165) is 11.1 Å². The number of carbonyl (C=O) groups is 1. The second-order valence-corrected chi connectivity index (χ2v) is 3.92. The number of carboxylic acid groups (broad SMARTS) is 1. The number of hydrogen-bond donors (Lipinski definition) is 2. The molecule has 0 saturated carbocycles. The van der Waals surface area contributed by atoms with Crippen molar-refractivity contribution in [2.45, 2.75) is 13.8 Å². The zero-order valence-corrected chi connectivity index (χ0v) is 9.52. The standard InChI is InChI=1S/C12H12N2O3/c1-7-3-4-8(2)10(5-7)14-11(15)9(6-13-14)12(16)17/h3-6,13H,1-2H3,(H,16,17). The molecule has 0 bridgehead atoms. The van der Waals surface area contributed by atoms with Crippen LogP contribution in [0, 0.1) is 13.8 Å². The molecular formula is C12H12N2O3. The molecule has 1 heterocycles. The molecular weight excluding hydrogens is 220 g/mol. The van der Waals surface area contributed by atoms with Crippen molar-refractivity contribution < 1.29 is 9.90 Å². The molecule has 1 aromatic carbocycles. The molecule has 17 heavy (non-hydrogen) atoms. The molecule has 0 fully saturated rings. The predicted octanol–water partition coefficient (Wildman–Crippen LogP) is 1.48. The molecule has 0 aliphatic carbocycles. The third kappa shape index (κ3) is 1.87. The van der Waals surface area contributed by atoms with Gasteiger partial charge in [-0.05, 0) is 31.0 Å². The average Bonchev–Trinajstić information content (AvgIpc) is 2.64. The van der Waals surface area contributed by atoms with Crippen LogP contribution in [0.4, 0.5) is 0 Å². The first-order chi connectivity index (χ1) is 8.00. The molecule has 0 saturated heterocycles. The Labute approximate surface area is 97.3 Å². The predicted molar refractivity (Wildman–Crippen MR) is 62.8 cm³/mol. The minimum Gasteiger partial charge on any atom is -0.477 e. The van der Waals surface area contributed by atoms with Gasteiger partial charge in [0.25, 0.3) is 5.56 Å². The fraction of sp³-hybridized carbons (Fsp3) is 0.167. The van der Waals surface area contributed by atoms with Crippen molar-refractivity contribution in [2.24, 2.45) is 0 Å². The third-order valence-corrected chi connectivity index (χ3v) is 2.61. The number of nitrogens with zero attached hydrogens (tertiary/aromatic N) is 1. The lowest BCUT2D eigenvalue weighted by molar-refractivity contribution is 0.0695. The summed E-state index contributed by atoms with van der Waals surface area (Å²) >= 11 is 0. The van der Waals surface area contributed by atoms with E-state index in [-0.39, 0.29) is 5.56 Å². The van der Waals surface area contributed by atoms with Crippen LogP contribution in [0.1, 0.15) is 21.5 Å². The molecule has 2 N–H and O–H groups in total. The zero-order valence-electron chi connectivity index (χ0n) is 9.52. The van der Waals surface area contributed by atoms with Gasteiger partial charge in [0.05, 0.1) is 5.69 Å². The van der Waals surface area contributed by atoms with Gasteiger partial charge in [-0.25, -0.2) is 9.48 Å². The molecule has 1 aromatic heterocycles. The van der Waals surface area contributed by atoms with Crippen molar-refractivity contribution in [3.8, 4) is 5.69 Å². The molecule has 5 heteroatoms. The molecule has 2 rings (SSSR count). The zero-order chi connectivity index (χ0) is 12.6. The number of aromatic nitrogens is 2. The van der Waals surface area contributed by atoms with E-state index in [1.807, 2.05) is 32.0 Å². The van der Waals surface area contributed by atoms with Gasteiger partial charge >= 0.3 is 5.97 Å². The molecule has 0 amide bonds. The van der Waals surface area contributed by atoms with Crippen LogP contribution in [0.5, 0.6) is 0 Å². The lowest BCUT2D eigenvalue weighted by atomic mass is 10.1.